The topological polar surface area (TPSA) is 67.4 Å². The van der Waals surface area contributed by atoms with E-state index in [4.69, 9.17) is 4.74 Å². The van der Waals surface area contributed by atoms with Crippen molar-refractivity contribution in [2.75, 3.05) is 7.11 Å². The molecule has 4 saturated carbocycles. The Hall–Kier alpha value is -1.26. The molecule has 0 aromatic rings. The summed E-state index contributed by atoms with van der Waals surface area (Å²) in [6.45, 7) is 3.97. The number of rotatable bonds is 5. The van der Waals surface area contributed by atoms with Gasteiger partial charge in [0.15, 0.2) is 0 Å². The van der Waals surface area contributed by atoms with Crippen molar-refractivity contribution in [1.82, 2.24) is 10.6 Å². The molecule has 4 rings (SSSR count). The number of ether oxygens (including phenoxy) is 1. The Balaban J connectivity index is 1.59. The highest BCUT2D eigenvalue weighted by Gasteiger charge is 2.48. The molecule has 2 unspecified atom stereocenters. The summed E-state index contributed by atoms with van der Waals surface area (Å²) < 4.78 is 4.84. The Kier molecular flexibility index (Phi) is 4.83. The number of carbonyl (C=O) groups excluding carboxylic acids is 2. The van der Waals surface area contributed by atoms with E-state index in [1.807, 2.05) is 13.8 Å². The third kappa shape index (κ3) is 3.33. The summed E-state index contributed by atoms with van der Waals surface area (Å²) >= 11 is 0. The summed E-state index contributed by atoms with van der Waals surface area (Å²) in [4.78, 5) is 24.4. The predicted octanol–water partition coefficient (Wildman–Crippen LogP) is 2.70. The molecule has 0 aromatic carbocycles. The Labute approximate surface area is 138 Å². The monoisotopic (exact) mass is 322 g/mol. The van der Waals surface area contributed by atoms with Gasteiger partial charge in [-0.2, -0.15) is 0 Å². The first-order valence-corrected chi connectivity index (χ1v) is 9.16. The zero-order valence-corrected chi connectivity index (χ0v) is 14.5. The fourth-order valence-electron chi connectivity index (χ4n) is 5.29. The number of esters is 1. The minimum Gasteiger partial charge on any atom is -0.467 e. The lowest BCUT2D eigenvalue weighted by Gasteiger charge is -2.54. The minimum atomic E-state index is -0.568. The van der Waals surface area contributed by atoms with Gasteiger partial charge in [0.25, 0.3) is 0 Å². The van der Waals surface area contributed by atoms with Crippen LogP contribution in [-0.2, 0) is 9.53 Å². The molecule has 5 nitrogen and oxygen atoms in total. The average molecular weight is 322 g/mol. The molecular weight excluding hydrogens is 292 g/mol. The van der Waals surface area contributed by atoms with Crippen LogP contribution in [0.2, 0.25) is 0 Å². The van der Waals surface area contributed by atoms with Crippen molar-refractivity contribution >= 4 is 12.0 Å². The minimum absolute atomic E-state index is 0.0618. The molecule has 2 amide bonds. The van der Waals surface area contributed by atoms with E-state index in [0.717, 1.165) is 18.3 Å². The van der Waals surface area contributed by atoms with Crippen molar-refractivity contribution in [3.63, 3.8) is 0 Å². The molecular formula is C18H30N2O3. The van der Waals surface area contributed by atoms with Gasteiger partial charge in [-0.25, -0.2) is 9.59 Å². The van der Waals surface area contributed by atoms with Crippen LogP contribution in [0.25, 0.3) is 0 Å². The Morgan fingerprint density at radius 1 is 1.09 bits per heavy atom. The summed E-state index contributed by atoms with van der Waals surface area (Å²) in [5.74, 6) is 2.75. The van der Waals surface area contributed by atoms with Crippen molar-refractivity contribution in [2.24, 2.45) is 29.6 Å². The second kappa shape index (κ2) is 6.70. The van der Waals surface area contributed by atoms with Crippen molar-refractivity contribution in [3.05, 3.63) is 0 Å². The van der Waals surface area contributed by atoms with Gasteiger partial charge < -0.3 is 15.4 Å². The van der Waals surface area contributed by atoms with Crippen LogP contribution < -0.4 is 10.6 Å². The van der Waals surface area contributed by atoms with Crippen LogP contribution in [0.5, 0.6) is 0 Å². The zero-order chi connectivity index (χ0) is 16.6. The van der Waals surface area contributed by atoms with Crippen LogP contribution in [0.15, 0.2) is 0 Å². The van der Waals surface area contributed by atoms with Gasteiger partial charge in [0.2, 0.25) is 0 Å². The first kappa shape index (κ1) is 16.6. The van der Waals surface area contributed by atoms with E-state index in [2.05, 4.69) is 10.6 Å². The number of carbonyl (C=O) groups is 2. The highest BCUT2D eigenvalue weighted by Crippen LogP contribution is 2.53. The largest absolute Gasteiger partial charge is 0.467 e. The van der Waals surface area contributed by atoms with E-state index in [1.165, 1.54) is 39.2 Å². The molecule has 23 heavy (non-hydrogen) atoms. The maximum atomic E-state index is 12.5. The summed E-state index contributed by atoms with van der Waals surface area (Å²) in [6.07, 6.45) is 7.30. The number of amides is 2. The molecule has 0 aromatic heterocycles. The predicted molar refractivity (Wildman–Crippen MR) is 87.8 cm³/mol. The molecule has 2 N–H and O–H groups in total. The van der Waals surface area contributed by atoms with Crippen LogP contribution in [0.1, 0.15) is 52.4 Å². The fraction of sp³-hybridized carbons (Fsp3) is 0.889. The van der Waals surface area contributed by atoms with Crippen LogP contribution in [0.4, 0.5) is 4.79 Å². The highest BCUT2D eigenvalue weighted by atomic mass is 16.5. The van der Waals surface area contributed by atoms with Crippen LogP contribution in [-0.4, -0.2) is 31.2 Å². The molecule has 130 valence electrons. The van der Waals surface area contributed by atoms with E-state index >= 15 is 0 Å². The molecule has 4 aliphatic carbocycles. The van der Waals surface area contributed by atoms with E-state index in [-0.39, 0.29) is 24.0 Å². The number of hydrogen-bond donors (Lipinski definition) is 2. The second-order valence-corrected chi connectivity index (χ2v) is 7.96. The Morgan fingerprint density at radius 3 is 2.13 bits per heavy atom. The van der Waals surface area contributed by atoms with Gasteiger partial charge in [0, 0.05) is 6.04 Å². The molecule has 5 heteroatoms. The summed E-state index contributed by atoms with van der Waals surface area (Å²) in [5, 5.41) is 6.05. The van der Waals surface area contributed by atoms with Crippen molar-refractivity contribution in [1.29, 1.82) is 0 Å². The van der Waals surface area contributed by atoms with Gasteiger partial charge in [0.05, 0.1) is 7.11 Å². The summed E-state index contributed by atoms with van der Waals surface area (Å²) in [6, 6.07) is -0.488. The number of urea groups is 1. The van der Waals surface area contributed by atoms with E-state index < -0.39 is 6.04 Å². The lowest BCUT2D eigenvalue weighted by Crippen LogP contribution is -2.59. The standard InChI is InChI=1S/C18H30N2O3/c1-4-10(2)15(17(21)23-3)19-18(22)20-16-13-6-11-5-12(8-13)9-14(16)7-11/h10-16H,4-9H2,1-3H3,(H2,19,20,22). The van der Waals surface area contributed by atoms with Crippen LogP contribution in [0.3, 0.4) is 0 Å². The first-order chi connectivity index (χ1) is 11.0. The van der Waals surface area contributed by atoms with Crippen molar-refractivity contribution < 1.29 is 14.3 Å². The molecule has 0 spiro atoms. The highest BCUT2D eigenvalue weighted by molar-refractivity contribution is 5.83. The first-order valence-electron chi connectivity index (χ1n) is 9.16. The quantitative estimate of drug-likeness (QED) is 0.765. The third-order valence-electron chi connectivity index (χ3n) is 6.48. The molecule has 4 aliphatic rings. The van der Waals surface area contributed by atoms with Gasteiger partial charge in [-0.15, -0.1) is 0 Å². The Bertz CT molecular complexity index is 437. The van der Waals surface area contributed by atoms with Gasteiger partial charge in [-0.1, -0.05) is 20.3 Å². The number of hydrogen-bond acceptors (Lipinski definition) is 3. The molecule has 0 aliphatic heterocycles. The molecule has 0 saturated heterocycles. The van der Waals surface area contributed by atoms with Gasteiger partial charge in [0.1, 0.15) is 6.04 Å². The summed E-state index contributed by atoms with van der Waals surface area (Å²) in [7, 11) is 1.37. The fourth-order valence-corrected chi connectivity index (χ4v) is 5.29. The number of methoxy groups -OCH3 is 1. The number of nitrogens with one attached hydrogen (secondary N) is 2. The van der Waals surface area contributed by atoms with Gasteiger partial charge in [-0.05, 0) is 61.7 Å². The van der Waals surface area contributed by atoms with Crippen LogP contribution in [0, 0.1) is 29.6 Å². The van der Waals surface area contributed by atoms with Gasteiger partial charge in [-0.3, -0.25) is 0 Å². The van der Waals surface area contributed by atoms with Crippen molar-refractivity contribution in [3.8, 4) is 0 Å². The average Bonchev–Trinajstić information content (AvgIpc) is 2.54. The smallest absolute Gasteiger partial charge is 0.328 e. The lowest BCUT2D eigenvalue weighted by atomic mass is 9.54. The molecule has 0 heterocycles. The normalized spacial score (nSPS) is 37.1. The lowest BCUT2D eigenvalue weighted by molar-refractivity contribution is -0.144. The SMILES string of the molecule is CCC(C)C(NC(=O)NC1C2CC3CC(C2)CC1C3)C(=O)OC. The third-order valence-corrected chi connectivity index (χ3v) is 6.48. The molecule has 4 fully saturated rings. The Morgan fingerprint density at radius 2 is 1.65 bits per heavy atom. The van der Waals surface area contributed by atoms with Crippen molar-refractivity contribution in [2.45, 2.75) is 64.5 Å². The maximum Gasteiger partial charge on any atom is 0.328 e. The molecule has 2 atom stereocenters. The maximum absolute atomic E-state index is 12.5. The van der Waals surface area contributed by atoms with E-state index in [1.54, 1.807) is 0 Å². The summed E-state index contributed by atoms with van der Waals surface area (Å²) in [5.41, 5.74) is 0. The molecule has 4 bridgehead atoms. The molecule has 0 radical (unpaired) electrons. The van der Waals surface area contributed by atoms with Crippen LogP contribution >= 0.6 is 0 Å². The van der Waals surface area contributed by atoms with E-state index in [9.17, 15) is 9.59 Å². The van der Waals surface area contributed by atoms with Gasteiger partial charge >= 0.3 is 12.0 Å². The zero-order valence-electron chi connectivity index (χ0n) is 14.5. The second-order valence-electron chi connectivity index (χ2n) is 7.96. The van der Waals surface area contributed by atoms with E-state index in [0.29, 0.717) is 11.8 Å².